The van der Waals surface area contributed by atoms with E-state index in [1.54, 1.807) is 7.05 Å². The number of piperazine rings is 1. The van der Waals surface area contributed by atoms with Gasteiger partial charge >= 0.3 is 11.8 Å². The molecule has 0 saturated carbocycles. The van der Waals surface area contributed by atoms with Gasteiger partial charge in [0, 0.05) is 52.5 Å². The topological polar surface area (TPSA) is 189 Å². The predicted molar refractivity (Wildman–Crippen MR) is 165 cm³/mol. The van der Waals surface area contributed by atoms with E-state index in [9.17, 15) is 37.1 Å². The summed E-state index contributed by atoms with van der Waals surface area (Å²) in [5, 5.41) is 16.0. The van der Waals surface area contributed by atoms with E-state index in [0.29, 0.717) is 31.2 Å². The fraction of sp³-hybridized carbons (Fsp3) is 0.467. The van der Waals surface area contributed by atoms with Gasteiger partial charge in [-0.2, -0.15) is 4.31 Å². The zero-order valence-corrected chi connectivity index (χ0v) is 26.9. The highest BCUT2D eigenvalue weighted by atomic mass is 32.2. The molecular formula is C30H37FN8O7S. The van der Waals surface area contributed by atoms with Crippen molar-refractivity contribution in [2.24, 2.45) is 7.05 Å². The Morgan fingerprint density at radius 1 is 1.06 bits per heavy atom. The van der Waals surface area contributed by atoms with Crippen molar-refractivity contribution >= 4 is 27.7 Å². The van der Waals surface area contributed by atoms with Crippen LogP contribution in [0.4, 0.5) is 4.39 Å². The Morgan fingerprint density at radius 2 is 1.77 bits per heavy atom. The first-order chi connectivity index (χ1) is 22.4. The van der Waals surface area contributed by atoms with Gasteiger partial charge in [-0.15, -0.1) is 0 Å². The van der Waals surface area contributed by atoms with Crippen molar-refractivity contribution in [1.29, 1.82) is 0 Å². The molecule has 1 aromatic carbocycles. The number of carbonyl (C=O) groups is 3. The van der Waals surface area contributed by atoms with Crippen LogP contribution in [-0.2, 0) is 45.3 Å². The molecule has 3 amide bonds. The molecule has 3 N–H and O–H groups in total. The van der Waals surface area contributed by atoms with E-state index < -0.39 is 56.1 Å². The molecule has 0 spiro atoms. The summed E-state index contributed by atoms with van der Waals surface area (Å²) in [4.78, 5) is 63.1. The van der Waals surface area contributed by atoms with E-state index in [0.717, 1.165) is 0 Å². The van der Waals surface area contributed by atoms with Crippen LogP contribution in [0.2, 0.25) is 0 Å². The molecule has 2 aromatic heterocycles. The summed E-state index contributed by atoms with van der Waals surface area (Å²) in [6.45, 7) is 1.88. The average Bonchev–Trinajstić information content (AvgIpc) is 3.43. The lowest BCUT2D eigenvalue weighted by atomic mass is 9.87. The van der Waals surface area contributed by atoms with Crippen LogP contribution >= 0.6 is 0 Å². The number of aromatic nitrogens is 4. The summed E-state index contributed by atoms with van der Waals surface area (Å²) in [5.74, 6) is -3.91. The molecule has 4 heterocycles. The Kier molecular flexibility index (Phi) is 9.76. The Labute approximate surface area is 270 Å². The first-order valence-corrected chi connectivity index (χ1v) is 16.8. The number of benzene rings is 1. The normalized spacial score (nSPS) is 18.7. The number of aryl methyl sites for hydroxylation is 1. The molecule has 1 unspecified atom stereocenters. The molecule has 17 heteroatoms. The first-order valence-electron chi connectivity index (χ1n) is 15.3. The summed E-state index contributed by atoms with van der Waals surface area (Å²) in [6, 6.07) is 5.43. The highest BCUT2D eigenvalue weighted by molar-refractivity contribution is 7.89. The number of nitrogens with one attached hydrogen (secondary N) is 2. The second kappa shape index (κ2) is 13.6. The maximum Gasteiger partial charge on any atom is 0.311 e. The highest BCUT2D eigenvalue weighted by Gasteiger charge is 2.42. The Balaban J connectivity index is 1.36. The number of imidazole rings is 1. The Hall–Kier alpha value is -4.64. The molecule has 0 radical (unpaired) electrons. The van der Waals surface area contributed by atoms with Gasteiger partial charge in [-0.05, 0) is 43.4 Å². The molecule has 0 bridgehead atoms. The maximum atomic E-state index is 13.6. The van der Waals surface area contributed by atoms with Gasteiger partial charge in [0.2, 0.25) is 5.75 Å². The third kappa shape index (κ3) is 6.90. The van der Waals surface area contributed by atoms with Crippen LogP contribution in [0.15, 0.2) is 46.6 Å². The molecule has 2 aliphatic heterocycles. The maximum absolute atomic E-state index is 13.6. The smallest absolute Gasteiger partial charge is 0.311 e. The zero-order chi connectivity index (χ0) is 33.9. The highest BCUT2D eigenvalue weighted by Crippen LogP contribution is 2.34. The summed E-state index contributed by atoms with van der Waals surface area (Å²) < 4.78 is 43.2. The van der Waals surface area contributed by atoms with E-state index >= 15 is 0 Å². The number of aromatic hydroxyl groups is 1. The molecule has 1 saturated heterocycles. The lowest BCUT2D eigenvalue weighted by molar-refractivity contribution is -0.148. The SMILES string of the molecule is CCCC1(NC(=O)C(=O)N2CCN(S(=O)(=O)c3cn(C)cn3)CC2)CCCCn2c1nc(C(=O)NCc1ccc(F)cc1)c(O)c2=O. The number of nitrogens with zero attached hydrogens (tertiary/aromatic N) is 6. The summed E-state index contributed by atoms with van der Waals surface area (Å²) >= 11 is 0. The third-order valence-corrected chi connectivity index (χ3v) is 10.2. The fourth-order valence-electron chi connectivity index (χ4n) is 6.00. The molecule has 1 fully saturated rings. The van der Waals surface area contributed by atoms with E-state index in [2.05, 4.69) is 20.6 Å². The minimum atomic E-state index is -3.87. The number of carbonyl (C=O) groups excluding carboxylic acids is 3. The molecule has 0 aliphatic carbocycles. The quantitative estimate of drug-likeness (QED) is 0.288. The van der Waals surface area contributed by atoms with Gasteiger partial charge in [0.05, 0.1) is 11.9 Å². The lowest BCUT2D eigenvalue weighted by Crippen LogP contribution is -2.57. The second-order valence-corrected chi connectivity index (χ2v) is 13.6. The van der Waals surface area contributed by atoms with Gasteiger partial charge in [0.1, 0.15) is 11.6 Å². The van der Waals surface area contributed by atoms with Gasteiger partial charge < -0.3 is 25.2 Å². The number of rotatable bonds is 8. The lowest BCUT2D eigenvalue weighted by Gasteiger charge is -2.36. The molecule has 252 valence electrons. The van der Waals surface area contributed by atoms with Crippen LogP contribution < -0.4 is 16.2 Å². The van der Waals surface area contributed by atoms with E-state index in [4.69, 9.17) is 0 Å². The number of sulfonamides is 1. The summed E-state index contributed by atoms with van der Waals surface area (Å²) in [6.07, 6.45) is 4.93. The predicted octanol–water partition coefficient (Wildman–Crippen LogP) is 0.580. The van der Waals surface area contributed by atoms with Gasteiger partial charge in [0.15, 0.2) is 10.7 Å². The molecule has 5 rings (SSSR count). The van der Waals surface area contributed by atoms with Crippen molar-refractivity contribution in [1.82, 2.24) is 38.9 Å². The van der Waals surface area contributed by atoms with Crippen LogP contribution in [0, 0.1) is 5.82 Å². The summed E-state index contributed by atoms with van der Waals surface area (Å²) in [5.41, 5.74) is -2.13. The molecule has 15 nitrogen and oxygen atoms in total. The van der Waals surface area contributed by atoms with E-state index in [1.807, 2.05) is 6.92 Å². The van der Waals surface area contributed by atoms with Gasteiger partial charge in [-0.3, -0.25) is 23.7 Å². The van der Waals surface area contributed by atoms with Crippen molar-refractivity contribution in [2.45, 2.75) is 62.7 Å². The minimum absolute atomic E-state index is 0.0274. The number of hydrogen-bond donors (Lipinski definition) is 3. The standard InChI is InChI=1S/C30H37FN8O7S/c1-3-10-30(35-26(42)28(44)37-13-15-38(16-14-37)47(45,46)22-18-36(2)19-33-22)11-4-5-12-39-27(43)24(40)23(34-29(30)39)25(41)32-17-20-6-8-21(31)9-7-20/h6-9,18-19,40H,3-5,10-17H2,1-2H3,(H,32,41)(H,35,42). The van der Waals surface area contributed by atoms with Gasteiger partial charge in [-0.25, -0.2) is 22.8 Å². The van der Waals surface area contributed by atoms with Crippen molar-refractivity contribution in [3.8, 4) is 5.75 Å². The van der Waals surface area contributed by atoms with Crippen LogP contribution in [0.5, 0.6) is 5.75 Å². The Bertz CT molecular complexity index is 1840. The van der Waals surface area contributed by atoms with Crippen LogP contribution in [0.1, 0.15) is 60.9 Å². The second-order valence-electron chi connectivity index (χ2n) is 11.7. The molecule has 1 atom stereocenters. The number of halogens is 1. The number of hydrogen-bond acceptors (Lipinski definition) is 9. The summed E-state index contributed by atoms with van der Waals surface area (Å²) in [7, 11) is -2.22. The van der Waals surface area contributed by atoms with E-state index in [-0.39, 0.29) is 56.5 Å². The van der Waals surface area contributed by atoms with Crippen LogP contribution in [0.3, 0.4) is 0 Å². The van der Waals surface area contributed by atoms with Gasteiger partial charge in [-0.1, -0.05) is 25.5 Å². The van der Waals surface area contributed by atoms with Crippen LogP contribution in [-0.4, -0.2) is 85.7 Å². The number of amides is 3. The fourth-order valence-corrected chi connectivity index (χ4v) is 7.39. The minimum Gasteiger partial charge on any atom is -0.501 e. The molecule has 3 aromatic rings. The average molecular weight is 673 g/mol. The van der Waals surface area contributed by atoms with Crippen molar-refractivity contribution in [3.05, 3.63) is 70.0 Å². The monoisotopic (exact) mass is 672 g/mol. The zero-order valence-electron chi connectivity index (χ0n) is 26.1. The molecule has 47 heavy (non-hydrogen) atoms. The van der Waals surface area contributed by atoms with Crippen molar-refractivity contribution < 1.29 is 32.3 Å². The first kappa shape index (κ1) is 33.7. The largest absolute Gasteiger partial charge is 0.501 e. The van der Waals surface area contributed by atoms with Crippen LogP contribution in [0.25, 0.3) is 0 Å². The van der Waals surface area contributed by atoms with Gasteiger partial charge in [0.25, 0.3) is 21.5 Å². The molecule has 2 aliphatic rings. The number of fused-ring (bicyclic) bond motifs is 1. The third-order valence-electron chi connectivity index (χ3n) is 8.43. The Morgan fingerprint density at radius 3 is 2.40 bits per heavy atom. The van der Waals surface area contributed by atoms with E-state index in [1.165, 1.54) is 55.1 Å². The molecular weight excluding hydrogens is 635 g/mol. The van der Waals surface area contributed by atoms with Crippen molar-refractivity contribution in [3.63, 3.8) is 0 Å². The van der Waals surface area contributed by atoms with Crippen molar-refractivity contribution in [2.75, 3.05) is 26.2 Å².